The lowest BCUT2D eigenvalue weighted by Crippen LogP contribution is -2.32. The van der Waals surface area contributed by atoms with E-state index < -0.39 is 0 Å². The second kappa shape index (κ2) is 10.2. The third-order valence-electron chi connectivity index (χ3n) is 3.42. The number of benzene rings is 1. The maximum Gasteiger partial charge on any atom is 0.255 e. The molecule has 2 N–H and O–H groups in total. The topological polar surface area (TPSA) is 61.4 Å². The quantitative estimate of drug-likeness (QED) is 0.808. The van der Waals surface area contributed by atoms with Gasteiger partial charge in [0.25, 0.3) is 5.91 Å². The summed E-state index contributed by atoms with van der Waals surface area (Å²) in [6.45, 7) is 7.62. The van der Waals surface area contributed by atoms with Crippen molar-refractivity contribution < 1.29 is 9.59 Å². The highest BCUT2D eigenvalue weighted by Crippen LogP contribution is 2.18. The smallest absolute Gasteiger partial charge is 0.255 e. The monoisotopic (exact) mass is 327 g/mol. The van der Waals surface area contributed by atoms with Crippen LogP contribution >= 0.6 is 12.4 Å². The minimum Gasteiger partial charge on any atom is -0.339 e. The standard InChI is InChI=1S/C16H25N3O2.ClH/c1-5-19(6-2)16(21)13-9-7-8-10-14(13)18-15(20)12(3)11-17-4;/h7-10,12,17H,5-6,11H2,1-4H3,(H,18,20);1H. The Morgan fingerprint density at radius 3 is 2.32 bits per heavy atom. The number of carbonyl (C=O) groups excluding carboxylic acids is 2. The number of amides is 2. The number of rotatable bonds is 7. The summed E-state index contributed by atoms with van der Waals surface area (Å²) in [6, 6.07) is 7.14. The van der Waals surface area contributed by atoms with E-state index in [-0.39, 0.29) is 30.1 Å². The first-order valence-electron chi connectivity index (χ1n) is 7.38. The first-order chi connectivity index (χ1) is 10.0. The Bertz CT molecular complexity index is 490. The van der Waals surface area contributed by atoms with Crippen molar-refractivity contribution >= 4 is 29.9 Å². The Morgan fingerprint density at radius 2 is 1.77 bits per heavy atom. The van der Waals surface area contributed by atoms with Crippen molar-refractivity contribution in [1.82, 2.24) is 10.2 Å². The maximum atomic E-state index is 12.5. The minimum absolute atomic E-state index is 0. The molecule has 1 rings (SSSR count). The Hall–Kier alpha value is -1.59. The molecule has 0 saturated carbocycles. The SMILES string of the molecule is CCN(CC)C(=O)c1ccccc1NC(=O)C(C)CNC.Cl. The van der Waals surface area contributed by atoms with Gasteiger partial charge >= 0.3 is 0 Å². The van der Waals surface area contributed by atoms with E-state index in [2.05, 4.69) is 10.6 Å². The van der Waals surface area contributed by atoms with Gasteiger partial charge in [-0.05, 0) is 33.0 Å². The van der Waals surface area contributed by atoms with E-state index in [1.807, 2.05) is 40.0 Å². The zero-order valence-corrected chi connectivity index (χ0v) is 14.5. The van der Waals surface area contributed by atoms with Crippen LogP contribution in [0.3, 0.4) is 0 Å². The molecule has 0 aliphatic heterocycles. The van der Waals surface area contributed by atoms with Crippen LogP contribution < -0.4 is 10.6 Å². The Balaban J connectivity index is 0.00000441. The van der Waals surface area contributed by atoms with Gasteiger partial charge in [0, 0.05) is 25.6 Å². The lowest BCUT2D eigenvalue weighted by molar-refractivity contribution is -0.119. The van der Waals surface area contributed by atoms with Crippen molar-refractivity contribution in [2.45, 2.75) is 20.8 Å². The van der Waals surface area contributed by atoms with Gasteiger partial charge in [-0.2, -0.15) is 0 Å². The second-order valence-corrected chi connectivity index (χ2v) is 4.97. The molecule has 0 saturated heterocycles. The van der Waals surface area contributed by atoms with Crippen molar-refractivity contribution in [3.05, 3.63) is 29.8 Å². The summed E-state index contributed by atoms with van der Waals surface area (Å²) in [4.78, 5) is 26.3. The average molecular weight is 328 g/mol. The fourth-order valence-corrected chi connectivity index (χ4v) is 2.11. The van der Waals surface area contributed by atoms with Gasteiger partial charge in [-0.3, -0.25) is 9.59 Å². The van der Waals surface area contributed by atoms with E-state index in [1.165, 1.54) is 0 Å². The second-order valence-electron chi connectivity index (χ2n) is 4.97. The van der Waals surface area contributed by atoms with Crippen LogP contribution in [0, 0.1) is 5.92 Å². The molecule has 1 atom stereocenters. The number of anilines is 1. The lowest BCUT2D eigenvalue weighted by atomic mass is 10.1. The van der Waals surface area contributed by atoms with Crippen LogP contribution in [0.25, 0.3) is 0 Å². The van der Waals surface area contributed by atoms with Crippen molar-refractivity contribution in [3.63, 3.8) is 0 Å². The molecule has 2 amide bonds. The number of hydrogen-bond acceptors (Lipinski definition) is 3. The number of carbonyl (C=O) groups is 2. The summed E-state index contributed by atoms with van der Waals surface area (Å²) in [5, 5.41) is 5.82. The molecule has 1 aromatic carbocycles. The fraction of sp³-hybridized carbons (Fsp3) is 0.500. The van der Waals surface area contributed by atoms with Gasteiger partial charge in [0.05, 0.1) is 11.3 Å². The molecule has 0 aliphatic carbocycles. The van der Waals surface area contributed by atoms with E-state index >= 15 is 0 Å². The highest BCUT2D eigenvalue weighted by Gasteiger charge is 2.19. The first-order valence-corrected chi connectivity index (χ1v) is 7.38. The highest BCUT2D eigenvalue weighted by atomic mass is 35.5. The lowest BCUT2D eigenvalue weighted by Gasteiger charge is -2.21. The summed E-state index contributed by atoms with van der Waals surface area (Å²) in [5.74, 6) is -0.312. The molecule has 0 heterocycles. The average Bonchev–Trinajstić information content (AvgIpc) is 2.49. The Kier molecular flexibility index (Phi) is 9.45. The molecule has 0 aliphatic rings. The highest BCUT2D eigenvalue weighted by molar-refractivity contribution is 6.04. The molecule has 6 heteroatoms. The van der Waals surface area contributed by atoms with E-state index in [9.17, 15) is 9.59 Å². The molecule has 1 aromatic rings. The predicted molar refractivity (Wildman–Crippen MR) is 92.7 cm³/mol. The molecule has 0 spiro atoms. The molecule has 0 aromatic heterocycles. The summed E-state index contributed by atoms with van der Waals surface area (Å²) in [7, 11) is 1.81. The fourth-order valence-electron chi connectivity index (χ4n) is 2.11. The van der Waals surface area contributed by atoms with E-state index in [0.29, 0.717) is 30.9 Å². The van der Waals surface area contributed by atoms with Crippen LogP contribution in [0.1, 0.15) is 31.1 Å². The summed E-state index contributed by atoms with van der Waals surface area (Å²) in [5.41, 5.74) is 1.11. The number of halogens is 1. The van der Waals surface area contributed by atoms with Crippen LogP contribution in [0.2, 0.25) is 0 Å². The van der Waals surface area contributed by atoms with Crippen molar-refractivity contribution in [2.75, 3.05) is 32.0 Å². The molecular formula is C16H26ClN3O2. The third-order valence-corrected chi connectivity index (χ3v) is 3.42. The molecule has 124 valence electrons. The zero-order chi connectivity index (χ0) is 15.8. The van der Waals surface area contributed by atoms with E-state index in [4.69, 9.17) is 0 Å². The van der Waals surface area contributed by atoms with E-state index in [0.717, 1.165) is 0 Å². The van der Waals surface area contributed by atoms with Gasteiger partial charge < -0.3 is 15.5 Å². The van der Waals surface area contributed by atoms with Crippen LogP contribution in [0.4, 0.5) is 5.69 Å². The Labute approximate surface area is 138 Å². The molecule has 0 radical (unpaired) electrons. The van der Waals surface area contributed by atoms with Gasteiger partial charge in [0.15, 0.2) is 0 Å². The first kappa shape index (κ1) is 20.4. The molecule has 22 heavy (non-hydrogen) atoms. The normalized spacial score (nSPS) is 11.3. The Morgan fingerprint density at radius 1 is 1.18 bits per heavy atom. The van der Waals surface area contributed by atoms with Crippen LogP contribution in [-0.4, -0.2) is 43.4 Å². The van der Waals surface area contributed by atoms with E-state index in [1.54, 1.807) is 17.0 Å². The number of hydrogen-bond donors (Lipinski definition) is 2. The van der Waals surface area contributed by atoms with Crippen LogP contribution in [-0.2, 0) is 4.79 Å². The van der Waals surface area contributed by atoms with Crippen molar-refractivity contribution in [1.29, 1.82) is 0 Å². The van der Waals surface area contributed by atoms with Crippen molar-refractivity contribution in [3.8, 4) is 0 Å². The predicted octanol–water partition coefficient (Wildman–Crippen LogP) is 2.38. The zero-order valence-electron chi connectivity index (χ0n) is 13.7. The summed E-state index contributed by atoms with van der Waals surface area (Å²) in [6.07, 6.45) is 0. The third kappa shape index (κ3) is 5.31. The molecule has 0 fully saturated rings. The minimum atomic E-state index is -0.161. The number of nitrogens with zero attached hydrogens (tertiary/aromatic N) is 1. The van der Waals surface area contributed by atoms with Gasteiger partial charge in [0.1, 0.15) is 0 Å². The number of nitrogens with one attached hydrogen (secondary N) is 2. The number of para-hydroxylation sites is 1. The van der Waals surface area contributed by atoms with Gasteiger partial charge in [-0.25, -0.2) is 0 Å². The van der Waals surface area contributed by atoms with Crippen LogP contribution in [0.5, 0.6) is 0 Å². The largest absolute Gasteiger partial charge is 0.339 e. The summed E-state index contributed by atoms with van der Waals surface area (Å²) < 4.78 is 0. The van der Waals surface area contributed by atoms with Gasteiger partial charge in [0.2, 0.25) is 5.91 Å². The molecular weight excluding hydrogens is 302 g/mol. The van der Waals surface area contributed by atoms with Gasteiger partial charge in [-0.1, -0.05) is 19.1 Å². The van der Waals surface area contributed by atoms with Crippen LogP contribution in [0.15, 0.2) is 24.3 Å². The molecule has 0 bridgehead atoms. The maximum absolute atomic E-state index is 12.5. The van der Waals surface area contributed by atoms with Crippen molar-refractivity contribution in [2.24, 2.45) is 5.92 Å². The molecule has 1 unspecified atom stereocenters. The molecule has 5 nitrogen and oxygen atoms in total. The summed E-state index contributed by atoms with van der Waals surface area (Å²) >= 11 is 0. The van der Waals surface area contributed by atoms with Gasteiger partial charge in [-0.15, -0.1) is 12.4 Å².